The van der Waals surface area contributed by atoms with E-state index in [2.05, 4.69) is 16.0 Å². The Bertz CT molecular complexity index is 554. The van der Waals surface area contributed by atoms with E-state index in [1.54, 1.807) is 0 Å². The Morgan fingerprint density at radius 2 is 2.11 bits per heavy atom. The van der Waals surface area contributed by atoms with Gasteiger partial charge in [-0.3, -0.25) is 0 Å². The Balaban J connectivity index is 1.86. The van der Waals surface area contributed by atoms with Crippen LogP contribution < -0.4 is 15.4 Å². The minimum atomic E-state index is 0.559. The molecule has 1 aliphatic rings. The molecule has 0 radical (unpaired) electrons. The summed E-state index contributed by atoms with van der Waals surface area (Å²) in [5.41, 5.74) is 7.92. The third kappa shape index (κ3) is 2.62. The van der Waals surface area contributed by atoms with Crippen LogP contribution in [-0.2, 0) is 6.54 Å². The average molecular weight is 255 g/mol. The van der Waals surface area contributed by atoms with Gasteiger partial charge in [0.15, 0.2) is 0 Å². The van der Waals surface area contributed by atoms with E-state index in [9.17, 15) is 0 Å². The standard InChI is InChI=1S/C15H17N3O/c16-15-7-6-12(10-17-15)11-18-8-3-9-19-14-5-2-1-4-13(14)18/h1-2,4-7,10H,3,8-9,11H2,(H2,16,17). The zero-order valence-corrected chi connectivity index (χ0v) is 10.7. The van der Waals surface area contributed by atoms with Crippen LogP contribution in [0.3, 0.4) is 0 Å². The molecular weight excluding hydrogens is 238 g/mol. The van der Waals surface area contributed by atoms with E-state index in [-0.39, 0.29) is 0 Å². The van der Waals surface area contributed by atoms with Gasteiger partial charge >= 0.3 is 0 Å². The van der Waals surface area contributed by atoms with Crippen molar-refractivity contribution in [2.24, 2.45) is 0 Å². The Kier molecular flexibility index (Phi) is 3.23. The quantitative estimate of drug-likeness (QED) is 0.895. The fourth-order valence-electron chi connectivity index (χ4n) is 2.31. The summed E-state index contributed by atoms with van der Waals surface area (Å²) in [4.78, 5) is 6.47. The molecule has 0 fully saturated rings. The zero-order chi connectivity index (χ0) is 13.1. The number of benzene rings is 1. The normalized spacial score (nSPS) is 14.4. The number of nitrogens with zero attached hydrogens (tertiary/aromatic N) is 2. The molecule has 1 aromatic heterocycles. The van der Waals surface area contributed by atoms with Crippen molar-refractivity contribution < 1.29 is 4.74 Å². The van der Waals surface area contributed by atoms with Crippen LogP contribution in [0.15, 0.2) is 42.6 Å². The summed E-state index contributed by atoms with van der Waals surface area (Å²) in [6.07, 6.45) is 2.86. The van der Waals surface area contributed by atoms with Crippen molar-refractivity contribution in [1.29, 1.82) is 0 Å². The highest BCUT2D eigenvalue weighted by atomic mass is 16.5. The summed E-state index contributed by atoms with van der Waals surface area (Å²) in [7, 11) is 0. The smallest absolute Gasteiger partial charge is 0.142 e. The van der Waals surface area contributed by atoms with Crippen molar-refractivity contribution in [3.63, 3.8) is 0 Å². The Morgan fingerprint density at radius 1 is 1.21 bits per heavy atom. The van der Waals surface area contributed by atoms with Gasteiger partial charge in [-0.15, -0.1) is 0 Å². The Morgan fingerprint density at radius 3 is 2.95 bits per heavy atom. The first-order chi connectivity index (χ1) is 9.33. The van der Waals surface area contributed by atoms with E-state index in [0.29, 0.717) is 5.82 Å². The molecule has 0 spiro atoms. The number of pyridine rings is 1. The van der Waals surface area contributed by atoms with Gasteiger partial charge in [-0.25, -0.2) is 4.98 Å². The number of hydrogen-bond donors (Lipinski definition) is 1. The van der Waals surface area contributed by atoms with Gasteiger partial charge in [0.05, 0.1) is 12.3 Å². The topological polar surface area (TPSA) is 51.4 Å². The van der Waals surface area contributed by atoms with E-state index in [1.165, 1.54) is 0 Å². The van der Waals surface area contributed by atoms with Gasteiger partial charge in [-0.2, -0.15) is 0 Å². The molecule has 4 heteroatoms. The predicted octanol–water partition coefficient (Wildman–Crippen LogP) is 2.45. The van der Waals surface area contributed by atoms with Crippen LogP contribution in [0.25, 0.3) is 0 Å². The highest BCUT2D eigenvalue weighted by Crippen LogP contribution is 2.31. The maximum Gasteiger partial charge on any atom is 0.142 e. The van der Waals surface area contributed by atoms with Crippen LogP contribution in [0.1, 0.15) is 12.0 Å². The fourth-order valence-corrected chi connectivity index (χ4v) is 2.31. The molecule has 0 amide bonds. The van der Waals surface area contributed by atoms with Gasteiger partial charge in [0.1, 0.15) is 11.6 Å². The molecule has 1 aliphatic heterocycles. The largest absolute Gasteiger partial charge is 0.491 e. The molecular formula is C15H17N3O. The van der Waals surface area contributed by atoms with E-state index >= 15 is 0 Å². The average Bonchev–Trinajstić information content (AvgIpc) is 2.64. The van der Waals surface area contributed by atoms with Crippen LogP contribution in [0.2, 0.25) is 0 Å². The summed E-state index contributed by atoms with van der Waals surface area (Å²) in [6, 6.07) is 12.0. The van der Waals surface area contributed by atoms with Gasteiger partial charge in [-0.1, -0.05) is 18.2 Å². The van der Waals surface area contributed by atoms with Crippen molar-refractivity contribution in [3.05, 3.63) is 48.2 Å². The molecule has 0 atom stereocenters. The third-order valence-corrected chi connectivity index (χ3v) is 3.26. The molecule has 0 saturated carbocycles. The number of anilines is 2. The third-order valence-electron chi connectivity index (χ3n) is 3.26. The van der Waals surface area contributed by atoms with Crippen LogP contribution in [-0.4, -0.2) is 18.1 Å². The first-order valence-corrected chi connectivity index (χ1v) is 6.50. The second kappa shape index (κ2) is 5.18. The molecule has 0 aliphatic carbocycles. The van der Waals surface area contributed by atoms with Gasteiger partial charge in [0.2, 0.25) is 0 Å². The van der Waals surface area contributed by atoms with Crippen molar-refractivity contribution >= 4 is 11.5 Å². The first kappa shape index (κ1) is 11.8. The summed E-state index contributed by atoms with van der Waals surface area (Å²) in [6.45, 7) is 2.59. The number of fused-ring (bicyclic) bond motifs is 1. The van der Waals surface area contributed by atoms with Gasteiger partial charge in [0, 0.05) is 19.3 Å². The lowest BCUT2D eigenvalue weighted by Crippen LogP contribution is -2.23. The minimum absolute atomic E-state index is 0.559. The van der Waals surface area contributed by atoms with Crippen LogP contribution in [0.4, 0.5) is 11.5 Å². The lowest BCUT2D eigenvalue weighted by atomic mass is 10.2. The number of hydrogen-bond acceptors (Lipinski definition) is 4. The molecule has 2 N–H and O–H groups in total. The Hall–Kier alpha value is -2.23. The number of nitrogens with two attached hydrogens (primary N) is 1. The molecule has 98 valence electrons. The van der Waals surface area contributed by atoms with Crippen LogP contribution in [0.5, 0.6) is 5.75 Å². The first-order valence-electron chi connectivity index (χ1n) is 6.50. The van der Waals surface area contributed by atoms with Crippen molar-refractivity contribution in [1.82, 2.24) is 4.98 Å². The van der Waals surface area contributed by atoms with Crippen molar-refractivity contribution in [3.8, 4) is 5.75 Å². The number of rotatable bonds is 2. The number of nitrogen functional groups attached to an aromatic ring is 1. The second-order valence-electron chi connectivity index (χ2n) is 4.68. The maximum absolute atomic E-state index is 5.76. The summed E-state index contributed by atoms with van der Waals surface area (Å²) < 4.78 is 5.76. The molecule has 2 heterocycles. The Labute approximate surface area is 112 Å². The fraction of sp³-hybridized carbons (Fsp3) is 0.267. The summed E-state index contributed by atoms with van der Waals surface area (Å²) in [5.74, 6) is 1.52. The molecule has 3 rings (SSSR count). The van der Waals surface area contributed by atoms with Gasteiger partial charge < -0.3 is 15.4 Å². The number of ether oxygens (including phenoxy) is 1. The highest BCUT2D eigenvalue weighted by Gasteiger charge is 2.15. The zero-order valence-electron chi connectivity index (χ0n) is 10.7. The SMILES string of the molecule is Nc1ccc(CN2CCCOc3ccccc32)cn1. The number of aromatic nitrogens is 1. The van der Waals surface area contributed by atoms with E-state index in [1.807, 2.05) is 36.5 Å². The van der Waals surface area contributed by atoms with E-state index in [0.717, 1.165) is 43.1 Å². The predicted molar refractivity (Wildman–Crippen MR) is 76.3 cm³/mol. The van der Waals surface area contributed by atoms with Gasteiger partial charge in [0.25, 0.3) is 0 Å². The second-order valence-corrected chi connectivity index (χ2v) is 4.68. The molecule has 0 saturated heterocycles. The molecule has 0 bridgehead atoms. The molecule has 1 aromatic carbocycles. The summed E-state index contributed by atoms with van der Waals surface area (Å²) >= 11 is 0. The molecule has 19 heavy (non-hydrogen) atoms. The molecule has 0 unspecified atom stereocenters. The monoisotopic (exact) mass is 255 g/mol. The lowest BCUT2D eigenvalue weighted by molar-refractivity contribution is 0.322. The molecule has 4 nitrogen and oxygen atoms in total. The van der Waals surface area contributed by atoms with E-state index in [4.69, 9.17) is 10.5 Å². The van der Waals surface area contributed by atoms with Crippen molar-refractivity contribution in [2.75, 3.05) is 23.8 Å². The van der Waals surface area contributed by atoms with Gasteiger partial charge in [-0.05, 0) is 30.2 Å². The summed E-state index contributed by atoms with van der Waals surface area (Å²) in [5, 5.41) is 0. The van der Waals surface area contributed by atoms with Crippen molar-refractivity contribution in [2.45, 2.75) is 13.0 Å². The maximum atomic E-state index is 5.76. The minimum Gasteiger partial charge on any atom is -0.491 e. The van der Waals surface area contributed by atoms with E-state index < -0.39 is 0 Å². The lowest BCUT2D eigenvalue weighted by Gasteiger charge is -2.23. The number of para-hydroxylation sites is 2. The van der Waals surface area contributed by atoms with Crippen LogP contribution >= 0.6 is 0 Å². The molecule has 2 aromatic rings. The van der Waals surface area contributed by atoms with Crippen LogP contribution in [0, 0.1) is 0 Å². The highest BCUT2D eigenvalue weighted by molar-refractivity contribution is 5.59.